The Morgan fingerprint density at radius 3 is 2.61 bits per heavy atom. The predicted molar refractivity (Wildman–Crippen MR) is 94.2 cm³/mol. The molecule has 0 saturated carbocycles. The van der Waals surface area contributed by atoms with Gasteiger partial charge in [0.25, 0.3) is 0 Å². The molecule has 0 aliphatic carbocycles. The molecule has 3 aromatic rings. The van der Waals surface area contributed by atoms with Crippen molar-refractivity contribution in [2.75, 3.05) is 0 Å². The van der Waals surface area contributed by atoms with E-state index in [9.17, 15) is 4.79 Å². The Kier molecular flexibility index (Phi) is 4.40. The van der Waals surface area contributed by atoms with E-state index in [0.29, 0.717) is 12.1 Å². The van der Waals surface area contributed by atoms with Crippen molar-refractivity contribution in [1.29, 1.82) is 0 Å². The van der Waals surface area contributed by atoms with Crippen LogP contribution in [0.25, 0.3) is 10.8 Å². The van der Waals surface area contributed by atoms with E-state index in [1.54, 1.807) is 6.07 Å². The number of carbonyl (C=O) groups excluding carboxylic acids is 1. The molecule has 0 heterocycles. The van der Waals surface area contributed by atoms with Crippen LogP contribution in [0.2, 0.25) is 0 Å². The molecule has 0 aliphatic heterocycles. The van der Waals surface area contributed by atoms with Gasteiger partial charge in [0, 0.05) is 18.2 Å². The first-order valence-electron chi connectivity index (χ1n) is 7.75. The Morgan fingerprint density at radius 1 is 1.04 bits per heavy atom. The normalized spacial score (nSPS) is 12.2. The number of hydrogen-bond acceptors (Lipinski definition) is 2. The molecule has 3 rings (SSSR count). The summed E-state index contributed by atoms with van der Waals surface area (Å²) >= 11 is 0. The second kappa shape index (κ2) is 6.63. The molecule has 0 saturated heterocycles. The molecule has 3 nitrogen and oxygen atoms in total. The molecule has 0 unspecified atom stereocenters. The van der Waals surface area contributed by atoms with Gasteiger partial charge in [-0.1, -0.05) is 54.6 Å². The fourth-order valence-electron chi connectivity index (χ4n) is 2.84. The Balaban J connectivity index is 1.78. The van der Waals surface area contributed by atoms with Crippen LogP contribution in [0, 0.1) is 0 Å². The molecule has 116 valence electrons. The van der Waals surface area contributed by atoms with Crippen LogP contribution in [-0.2, 0) is 6.54 Å². The molecule has 3 N–H and O–H groups in total. The molecule has 0 aromatic heterocycles. The summed E-state index contributed by atoms with van der Waals surface area (Å²) in [5.41, 5.74) is 8.20. The van der Waals surface area contributed by atoms with Gasteiger partial charge in [-0.15, -0.1) is 0 Å². The van der Waals surface area contributed by atoms with Gasteiger partial charge >= 0.3 is 0 Å². The molecule has 23 heavy (non-hydrogen) atoms. The van der Waals surface area contributed by atoms with E-state index < -0.39 is 5.91 Å². The standard InChI is InChI=1S/C20H20N2O/c1-14(18-11-5-8-16-7-2-3-10-19(16)18)22-13-15-6-4-9-17(12-15)20(21)23/h2-12,14,22H,13H2,1H3,(H2,21,23)/t14-/m0/s1. The summed E-state index contributed by atoms with van der Waals surface area (Å²) in [7, 11) is 0. The molecule has 0 fully saturated rings. The van der Waals surface area contributed by atoms with Crippen molar-refractivity contribution in [2.45, 2.75) is 19.5 Å². The van der Waals surface area contributed by atoms with Gasteiger partial charge in [0.05, 0.1) is 0 Å². The number of primary amides is 1. The van der Waals surface area contributed by atoms with Gasteiger partial charge in [-0.3, -0.25) is 4.79 Å². The van der Waals surface area contributed by atoms with Crippen LogP contribution in [0.15, 0.2) is 66.7 Å². The molecular weight excluding hydrogens is 284 g/mol. The maximum absolute atomic E-state index is 11.3. The summed E-state index contributed by atoms with van der Waals surface area (Å²) in [5, 5.41) is 6.03. The molecule has 3 aromatic carbocycles. The third kappa shape index (κ3) is 3.41. The van der Waals surface area contributed by atoms with E-state index in [1.165, 1.54) is 16.3 Å². The fourth-order valence-corrected chi connectivity index (χ4v) is 2.84. The monoisotopic (exact) mass is 304 g/mol. The van der Waals surface area contributed by atoms with Gasteiger partial charge in [0.1, 0.15) is 0 Å². The van der Waals surface area contributed by atoms with E-state index >= 15 is 0 Å². The van der Waals surface area contributed by atoms with Gasteiger partial charge in [0.15, 0.2) is 0 Å². The highest BCUT2D eigenvalue weighted by Crippen LogP contribution is 2.24. The number of fused-ring (bicyclic) bond motifs is 1. The first kappa shape index (κ1) is 15.3. The highest BCUT2D eigenvalue weighted by Gasteiger charge is 2.09. The van der Waals surface area contributed by atoms with Crippen molar-refractivity contribution >= 4 is 16.7 Å². The lowest BCUT2D eigenvalue weighted by molar-refractivity contribution is 0.1000. The van der Waals surface area contributed by atoms with Gasteiger partial charge < -0.3 is 11.1 Å². The van der Waals surface area contributed by atoms with Crippen molar-refractivity contribution in [3.05, 3.63) is 83.4 Å². The SMILES string of the molecule is C[C@H](NCc1cccc(C(N)=O)c1)c1cccc2ccccc12. The van der Waals surface area contributed by atoms with Crippen LogP contribution in [0.4, 0.5) is 0 Å². The van der Waals surface area contributed by atoms with Crippen molar-refractivity contribution in [1.82, 2.24) is 5.32 Å². The third-order valence-corrected chi connectivity index (χ3v) is 4.11. The zero-order valence-corrected chi connectivity index (χ0v) is 13.1. The minimum Gasteiger partial charge on any atom is -0.366 e. The van der Waals surface area contributed by atoms with E-state index in [4.69, 9.17) is 5.73 Å². The lowest BCUT2D eigenvalue weighted by Gasteiger charge is -2.17. The summed E-state index contributed by atoms with van der Waals surface area (Å²) in [6, 6.07) is 22.4. The van der Waals surface area contributed by atoms with Gasteiger partial charge in [-0.05, 0) is 41.0 Å². The molecule has 1 atom stereocenters. The summed E-state index contributed by atoms with van der Waals surface area (Å²) in [6.45, 7) is 2.84. The second-order valence-electron chi connectivity index (χ2n) is 5.74. The van der Waals surface area contributed by atoms with Crippen LogP contribution < -0.4 is 11.1 Å². The van der Waals surface area contributed by atoms with Gasteiger partial charge in [-0.2, -0.15) is 0 Å². The highest BCUT2D eigenvalue weighted by atomic mass is 16.1. The molecule has 0 spiro atoms. The minimum atomic E-state index is -0.394. The molecule has 0 bridgehead atoms. The van der Waals surface area contributed by atoms with Crippen LogP contribution in [-0.4, -0.2) is 5.91 Å². The van der Waals surface area contributed by atoms with Crippen LogP contribution in [0.1, 0.15) is 34.5 Å². The molecule has 1 amide bonds. The smallest absolute Gasteiger partial charge is 0.248 e. The van der Waals surface area contributed by atoms with Crippen molar-refractivity contribution in [3.8, 4) is 0 Å². The zero-order valence-electron chi connectivity index (χ0n) is 13.1. The lowest BCUT2D eigenvalue weighted by Crippen LogP contribution is -2.19. The number of nitrogens with two attached hydrogens (primary N) is 1. The Bertz CT molecular complexity index is 836. The number of hydrogen-bond donors (Lipinski definition) is 2. The number of rotatable bonds is 5. The van der Waals surface area contributed by atoms with Crippen LogP contribution in [0.5, 0.6) is 0 Å². The number of nitrogens with one attached hydrogen (secondary N) is 1. The Morgan fingerprint density at radius 2 is 1.78 bits per heavy atom. The first-order chi connectivity index (χ1) is 11.1. The van der Waals surface area contributed by atoms with Crippen LogP contribution in [0.3, 0.4) is 0 Å². The lowest BCUT2D eigenvalue weighted by atomic mass is 9.99. The topological polar surface area (TPSA) is 55.1 Å². The van der Waals surface area contributed by atoms with Gasteiger partial charge in [-0.25, -0.2) is 0 Å². The van der Waals surface area contributed by atoms with Crippen molar-refractivity contribution in [2.24, 2.45) is 5.73 Å². The first-order valence-corrected chi connectivity index (χ1v) is 7.75. The van der Waals surface area contributed by atoms with Crippen molar-refractivity contribution in [3.63, 3.8) is 0 Å². The maximum Gasteiger partial charge on any atom is 0.248 e. The third-order valence-electron chi connectivity index (χ3n) is 4.11. The minimum absolute atomic E-state index is 0.207. The second-order valence-corrected chi connectivity index (χ2v) is 5.74. The highest BCUT2D eigenvalue weighted by molar-refractivity contribution is 5.92. The summed E-state index contributed by atoms with van der Waals surface area (Å²) in [5.74, 6) is -0.394. The molecule has 3 heteroatoms. The fraction of sp³-hybridized carbons (Fsp3) is 0.150. The largest absolute Gasteiger partial charge is 0.366 e. The summed E-state index contributed by atoms with van der Waals surface area (Å²) < 4.78 is 0. The zero-order chi connectivity index (χ0) is 16.2. The average molecular weight is 304 g/mol. The summed E-state index contributed by atoms with van der Waals surface area (Å²) in [4.78, 5) is 11.3. The van der Waals surface area contributed by atoms with E-state index in [2.05, 4.69) is 54.7 Å². The van der Waals surface area contributed by atoms with Crippen molar-refractivity contribution < 1.29 is 4.79 Å². The van der Waals surface area contributed by atoms with E-state index in [0.717, 1.165) is 5.56 Å². The maximum atomic E-state index is 11.3. The van der Waals surface area contributed by atoms with Gasteiger partial charge in [0.2, 0.25) is 5.91 Å². The predicted octanol–water partition coefficient (Wildman–Crippen LogP) is 3.79. The molecular formula is C20H20N2O. The number of benzene rings is 3. The Labute approximate surface area is 136 Å². The molecule has 0 radical (unpaired) electrons. The quantitative estimate of drug-likeness (QED) is 0.753. The summed E-state index contributed by atoms with van der Waals surface area (Å²) in [6.07, 6.45) is 0. The van der Waals surface area contributed by atoms with Crippen LogP contribution >= 0.6 is 0 Å². The van der Waals surface area contributed by atoms with E-state index in [-0.39, 0.29) is 6.04 Å². The number of amides is 1. The van der Waals surface area contributed by atoms with E-state index in [1.807, 2.05) is 18.2 Å². The average Bonchev–Trinajstić information content (AvgIpc) is 2.59. The number of carbonyl (C=O) groups is 1. The Hall–Kier alpha value is -2.65. The molecule has 0 aliphatic rings.